The Kier molecular flexibility index (Phi) is 3.87. The zero-order valence-electron chi connectivity index (χ0n) is 12.5. The van der Waals surface area contributed by atoms with Gasteiger partial charge in [-0.3, -0.25) is 0 Å². The van der Waals surface area contributed by atoms with E-state index in [1.807, 2.05) is 0 Å². The lowest BCUT2D eigenvalue weighted by atomic mass is 9.54. The molecule has 0 aliphatic carbocycles. The summed E-state index contributed by atoms with van der Waals surface area (Å²) in [6.07, 6.45) is 0. The third-order valence-electron chi connectivity index (χ3n) is 5.25. The normalized spacial score (nSPS) is 55.3. The third kappa shape index (κ3) is 1.86. The summed E-state index contributed by atoms with van der Waals surface area (Å²) < 4.78 is 10.7. The van der Waals surface area contributed by atoms with Crippen LogP contribution in [-0.4, -0.2) is 63.3 Å². The van der Waals surface area contributed by atoms with Crippen molar-refractivity contribution in [2.75, 3.05) is 20.3 Å². The van der Waals surface area contributed by atoms with Gasteiger partial charge in [0.05, 0.1) is 18.6 Å². The van der Waals surface area contributed by atoms with Crippen molar-refractivity contribution in [1.29, 1.82) is 0 Å². The number of aliphatic hydroxyl groups excluding tert-OH is 1. The van der Waals surface area contributed by atoms with Crippen LogP contribution in [0.1, 0.15) is 34.6 Å². The van der Waals surface area contributed by atoms with Gasteiger partial charge in [0.25, 0.3) is 0 Å². The molecule has 1 aliphatic heterocycles. The minimum Gasteiger partial charge on any atom is -0.393 e. The van der Waals surface area contributed by atoms with Gasteiger partial charge in [-0.05, 0) is 27.7 Å². The first-order valence-electron chi connectivity index (χ1n) is 6.30. The van der Waals surface area contributed by atoms with Crippen LogP contribution in [0.2, 0.25) is 0 Å². The first-order valence-corrected chi connectivity index (χ1v) is 6.30. The molecular weight excluding hydrogens is 252 g/mol. The summed E-state index contributed by atoms with van der Waals surface area (Å²) in [6.45, 7) is 6.82. The lowest BCUT2D eigenvalue weighted by molar-refractivity contribution is -0.443. The smallest absolute Gasteiger partial charge is 0.195 e. The Hall–Kier alpha value is -0.240. The van der Waals surface area contributed by atoms with Crippen LogP contribution >= 0.6 is 0 Å². The monoisotopic (exact) mass is 278 g/mol. The van der Waals surface area contributed by atoms with Crippen LogP contribution in [0.5, 0.6) is 0 Å². The number of ether oxygens (including phenoxy) is 2. The molecule has 0 radical (unpaired) electrons. The van der Waals surface area contributed by atoms with E-state index in [-0.39, 0.29) is 6.61 Å². The fraction of sp³-hybridized carbons (Fsp3) is 1.00. The fourth-order valence-electron chi connectivity index (χ4n) is 2.94. The van der Waals surface area contributed by atoms with Crippen LogP contribution in [0, 0.1) is 5.41 Å². The van der Waals surface area contributed by atoms with Crippen molar-refractivity contribution in [1.82, 2.24) is 0 Å². The number of methoxy groups -OCH3 is 1. The highest BCUT2D eigenvalue weighted by Crippen LogP contribution is 2.57. The van der Waals surface area contributed by atoms with E-state index in [9.17, 15) is 20.4 Å². The summed E-state index contributed by atoms with van der Waals surface area (Å²) in [5.41, 5.74) is -6.11. The van der Waals surface area contributed by atoms with Crippen molar-refractivity contribution in [2.24, 2.45) is 5.41 Å². The van der Waals surface area contributed by atoms with E-state index in [0.717, 1.165) is 0 Å². The molecule has 1 saturated heterocycles. The topological polar surface area (TPSA) is 99.4 Å². The molecule has 1 rings (SSSR count). The van der Waals surface area contributed by atoms with E-state index in [1.165, 1.54) is 27.9 Å². The van der Waals surface area contributed by atoms with E-state index < -0.39 is 34.6 Å². The van der Waals surface area contributed by atoms with Crippen LogP contribution in [0.15, 0.2) is 0 Å². The van der Waals surface area contributed by atoms with Gasteiger partial charge < -0.3 is 29.9 Å². The van der Waals surface area contributed by atoms with Crippen molar-refractivity contribution in [3.63, 3.8) is 0 Å². The van der Waals surface area contributed by atoms with Crippen molar-refractivity contribution in [2.45, 2.75) is 57.2 Å². The van der Waals surface area contributed by atoms with Crippen LogP contribution in [0.25, 0.3) is 0 Å². The van der Waals surface area contributed by atoms with Crippen molar-refractivity contribution in [3.05, 3.63) is 0 Å². The number of aliphatic hydroxyl groups is 4. The Morgan fingerprint density at radius 3 is 1.79 bits per heavy atom. The maximum Gasteiger partial charge on any atom is 0.195 e. The quantitative estimate of drug-likeness (QED) is 0.562. The zero-order chi connectivity index (χ0) is 15.3. The molecule has 0 saturated carbocycles. The van der Waals surface area contributed by atoms with Crippen LogP contribution in [0.3, 0.4) is 0 Å². The highest BCUT2D eigenvalue weighted by Gasteiger charge is 2.73. The van der Waals surface area contributed by atoms with E-state index in [2.05, 4.69) is 0 Å². The Balaban J connectivity index is 3.50. The molecular formula is C13H26O6. The predicted octanol–water partition coefficient (Wildman–Crippen LogP) is -0.369. The highest BCUT2D eigenvalue weighted by molar-refractivity contribution is 5.19. The van der Waals surface area contributed by atoms with Gasteiger partial charge in [0.1, 0.15) is 16.8 Å². The fourth-order valence-corrected chi connectivity index (χ4v) is 2.94. The number of rotatable bonds is 3. The Bertz CT molecular complexity index is 351. The largest absolute Gasteiger partial charge is 0.393 e. The summed E-state index contributed by atoms with van der Waals surface area (Å²) >= 11 is 0. The molecule has 114 valence electrons. The van der Waals surface area contributed by atoms with Crippen molar-refractivity contribution < 1.29 is 29.9 Å². The molecule has 19 heavy (non-hydrogen) atoms. The third-order valence-corrected chi connectivity index (χ3v) is 5.25. The summed E-state index contributed by atoms with van der Waals surface area (Å²) in [6, 6.07) is 0. The molecule has 4 N–H and O–H groups in total. The number of hydrogen-bond donors (Lipinski definition) is 4. The molecule has 0 aromatic rings. The second kappa shape index (κ2) is 4.38. The molecule has 1 fully saturated rings. The maximum absolute atomic E-state index is 10.9. The van der Waals surface area contributed by atoms with Crippen molar-refractivity contribution in [3.8, 4) is 0 Å². The Morgan fingerprint density at radius 2 is 1.42 bits per heavy atom. The van der Waals surface area contributed by atoms with Crippen LogP contribution in [0.4, 0.5) is 0 Å². The van der Waals surface area contributed by atoms with E-state index in [0.29, 0.717) is 0 Å². The minimum absolute atomic E-state index is 0.0449. The average molecular weight is 278 g/mol. The predicted molar refractivity (Wildman–Crippen MR) is 68.4 cm³/mol. The van der Waals surface area contributed by atoms with Gasteiger partial charge in [-0.15, -0.1) is 0 Å². The molecule has 5 unspecified atom stereocenters. The zero-order valence-corrected chi connectivity index (χ0v) is 12.5. The summed E-state index contributed by atoms with van der Waals surface area (Å²) in [4.78, 5) is 0. The van der Waals surface area contributed by atoms with Crippen molar-refractivity contribution >= 4 is 0 Å². The SMILES string of the molecule is COCC1(C)C(C)(CO)OC(C)(O)C(C)(O)C1(C)O. The molecule has 6 heteroatoms. The molecule has 5 atom stereocenters. The Morgan fingerprint density at radius 1 is 0.947 bits per heavy atom. The second-order valence-electron chi connectivity index (χ2n) is 6.38. The van der Waals surface area contributed by atoms with Gasteiger partial charge in [0.2, 0.25) is 0 Å². The number of hydrogen-bond acceptors (Lipinski definition) is 6. The lowest BCUT2D eigenvalue weighted by Crippen LogP contribution is -2.82. The lowest BCUT2D eigenvalue weighted by Gasteiger charge is -2.65. The summed E-state index contributed by atoms with van der Waals surface area (Å²) in [7, 11) is 1.46. The van der Waals surface area contributed by atoms with Gasteiger partial charge in [-0.2, -0.15) is 0 Å². The van der Waals surface area contributed by atoms with Gasteiger partial charge in [0.15, 0.2) is 5.79 Å². The van der Waals surface area contributed by atoms with E-state index in [1.54, 1.807) is 13.8 Å². The molecule has 0 amide bonds. The summed E-state index contributed by atoms with van der Waals surface area (Å²) in [5.74, 6) is -2.01. The Labute approximate surface area is 114 Å². The van der Waals surface area contributed by atoms with Crippen LogP contribution < -0.4 is 0 Å². The van der Waals surface area contributed by atoms with Gasteiger partial charge in [0, 0.05) is 7.11 Å². The molecule has 1 heterocycles. The maximum atomic E-state index is 10.9. The summed E-state index contributed by atoms with van der Waals surface area (Å²) in [5, 5.41) is 41.4. The first kappa shape index (κ1) is 16.8. The van der Waals surface area contributed by atoms with E-state index in [4.69, 9.17) is 9.47 Å². The first-order chi connectivity index (χ1) is 8.33. The minimum atomic E-state index is -2.01. The van der Waals surface area contributed by atoms with Gasteiger partial charge >= 0.3 is 0 Å². The van der Waals surface area contributed by atoms with Gasteiger partial charge in [-0.25, -0.2) is 0 Å². The molecule has 0 bridgehead atoms. The second-order valence-corrected chi connectivity index (χ2v) is 6.38. The molecule has 0 aromatic carbocycles. The molecule has 0 spiro atoms. The highest BCUT2D eigenvalue weighted by atomic mass is 16.7. The van der Waals surface area contributed by atoms with Crippen LogP contribution in [-0.2, 0) is 9.47 Å². The average Bonchev–Trinajstić information content (AvgIpc) is 2.26. The molecule has 0 aromatic heterocycles. The van der Waals surface area contributed by atoms with Gasteiger partial charge in [-0.1, -0.05) is 6.92 Å². The van der Waals surface area contributed by atoms with E-state index >= 15 is 0 Å². The molecule has 1 aliphatic rings. The standard InChI is InChI=1S/C13H26O6/c1-9(8-18-6)10(2,7-14)19-13(5,17)12(4,16)11(9,3)15/h14-17H,7-8H2,1-6H3. The molecule has 6 nitrogen and oxygen atoms in total.